The van der Waals surface area contributed by atoms with E-state index in [0.29, 0.717) is 22.2 Å². The van der Waals surface area contributed by atoms with Crippen molar-refractivity contribution in [1.82, 2.24) is 14.8 Å². The molecule has 2 heterocycles. The number of anilines is 2. The summed E-state index contributed by atoms with van der Waals surface area (Å²) in [5.41, 5.74) is 1.76. The van der Waals surface area contributed by atoms with Gasteiger partial charge in [0.25, 0.3) is 0 Å². The Bertz CT molecular complexity index is 1010. The van der Waals surface area contributed by atoms with Crippen molar-refractivity contribution in [2.75, 3.05) is 22.5 Å². The molecule has 2 aromatic carbocycles. The summed E-state index contributed by atoms with van der Waals surface area (Å²) in [6.07, 6.45) is 2.88. The minimum atomic E-state index is -0.325. The highest BCUT2D eigenvalue weighted by molar-refractivity contribution is 8.00. The number of hydrogen-bond acceptors (Lipinski definition) is 5. The summed E-state index contributed by atoms with van der Waals surface area (Å²) in [5, 5.41) is 7.33. The van der Waals surface area contributed by atoms with Crippen LogP contribution in [0.5, 0.6) is 0 Å². The predicted octanol–water partition coefficient (Wildman–Crippen LogP) is 3.00. The van der Waals surface area contributed by atoms with E-state index in [1.807, 2.05) is 24.3 Å². The first-order valence-electron chi connectivity index (χ1n) is 8.09. The third kappa shape index (κ3) is 3.54. The second-order valence-corrected chi connectivity index (χ2v) is 7.18. The fraction of sp³-hybridized carbons (Fsp3) is 0.111. The minimum Gasteiger partial charge on any atom is -0.323 e. The third-order valence-corrected chi connectivity index (χ3v) is 5.37. The first kappa shape index (κ1) is 17.6. The molecule has 0 fully saturated rings. The van der Waals surface area contributed by atoms with Gasteiger partial charge < -0.3 is 10.2 Å². The van der Waals surface area contributed by atoms with E-state index in [1.165, 1.54) is 34.0 Å². The molecule has 0 saturated carbocycles. The summed E-state index contributed by atoms with van der Waals surface area (Å²) in [4.78, 5) is 31.4. The first-order chi connectivity index (χ1) is 13.1. The lowest BCUT2D eigenvalue weighted by Crippen LogP contribution is -2.41. The molecule has 1 aliphatic rings. The van der Waals surface area contributed by atoms with Crippen LogP contribution in [-0.2, 0) is 9.59 Å². The van der Waals surface area contributed by atoms with Gasteiger partial charge in [-0.3, -0.25) is 9.59 Å². The third-order valence-electron chi connectivity index (χ3n) is 4.02. The average Bonchev–Trinajstić information content (AvgIpc) is 3.18. The maximum Gasteiger partial charge on any atom is 0.244 e. The first-order valence-corrected chi connectivity index (χ1v) is 9.45. The number of aromatic nitrogens is 3. The maximum atomic E-state index is 12.7. The van der Waals surface area contributed by atoms with Gasteiger partial charge in [-0.05, 0) is 24.3 Å². The number of carbonyl (C=O) groups is 2. The van der Waals surface area contributed by atoms with Crippen LogP contribution in [0, 0.1) is 0 Å². The van der Waals surface area contributed by atoms with Crippen LogP contribution in [0.1, 0.15) is 0 Å². The second kappa shape index (κ2) is 7.42. The van der Waals surface area contributed by atoms with E-state index < -0.39 is 0 Å². The van der Waals surface area contributed by atoms with Crippen molar-refractivity contribution in [3.8, 4) is 5.69 Å². The molecule has 1 aromatic heterocycles. The number of hydrogen-bond donors (Lipinski definition) is 1. The molecule has 3 aromatic rings. The lowest BCUT2D eigenvalue weighted by molar-refractivity contribution is -0.120. The van der Waals surface area contributed by atoms with Crippen LogP contribution in [-0.4, -0.2) is 38.9 Å². The number of thioether (sulfide) groups is 1. The molecule has 0 bridgehead atoms. The Balaban J connectivity index is 1.58. The molecule has 0 radical (unpaired) electrons. The topological polar surface area (TPSA) is 80.1 Å². The van der Waals surface area contributed by atoms with Gasteiger partial charge in [-0.25, -0.2) is 9.67 Å². The van der Waals surface area contributed by atoms with E-state index in [4.69, 9.17) is 11.6 Å². The second-order valence-electron chi connectivity index (χ2n) is 5.76. The van der Waals surface area contributed by atoms with E-state index in [2.05, 4.69) is 15.4 Å². The average molecular weight is 400 g/mol. The van der Waals surface area contributed by atoms with Gasteiger partial charge in [-0.15, -0.1) is 11.8 Å². The Morgan fingerprint density at radius 2 is 2.07 bits per heavy atom. The maximum absolute atomic E-state index is 12.7. The van der Waals surface area contributed by atoms with Gasteiger partial charge >= 0.3 is 0 Å². The van der Waals surface area contributed by atoms with E-state index in [-0.39, 0.29) is 18.4 Å². The Morgan fingerprint density at radius 3 is 2.89 bits per heavy atom. The molecular weight excluding hydrogens is 386 g/mol. The van der Waals surface area contributed by atoms with E-state index in [0.717, 1.165) is 10.6 Å². The number of para-hydroxylation sites is 2. The molecule has 27 heavy (non-hydrogen) atoms. The van der Waals surface area contributed by atoms with Gasteiger partial charge in [0.15, 0.2) is 0 Å². The zero-order chi connectivity index (χ0) is 18.8. The smallest absolute Gasteiger partial charge is 0.244 e. The number of rotatable bonds is 4. The number of nitrogens with one attached hydrogen (secondary N) is 1. The number of amides is 2. The normalized spacial score (nSPS) is 13.4. The van der Waals surface area contributed by atoms with Crippen molar-refractivity contribution in [3.05, 3.63) is 60.1 Å². The fourth-order valence-electron chi connectivity index (χ4n) is 2.83. The summed E-state index contributed by atoms with van der Waals surface area (Å²) < 4.78 is 1.48. The standard InChI is InChI=1S/C18H14ClN5O2S/c19-12-4-3-5-13(18(12)24-11-20-10-21-24)22-16(25)8-23-14-6-1-2-7-15(14)27-9-17(23)26/h1-7,10-11H,8-9H2,(H,22,25). The molecule has 4 rings (SSSR count). The molecule has 136 valence electrons. The number of benzene rings is 2. The van der Waals surface area contributed by atoms with Crippen LogP contribution >= 0.6 is 23.4 Å². The minimum absolute atomic E-state index is 0.0836. The molecule has 2 amide bonds. The van der Waals surface area contributed by atoms with E-state index in [1.54, 1.807) is 18.2 Å². The lowest BCUT2D eigenvalue weighted by Gasteiger charge is -2.28. The molecule has 1 aliphatic heterocycles. The van der Waals surface area contributed by atoms with Crippen LogP contribution in [0.25, 0.3) is 5.69 Å². The van der Waals surface area contributed by atoms with Crippen LogP contribution < -0.4 is 10.2 Å². The zero-order valence-electron chi connectivity index (χ0n) is 14.0. The molecule has 0 atom stereocenters. The summed E-state index contributed by atoms with van der Waals surface area (Å²) in [5.74, 6) is -0.115. The molecule has 9 heteroatoms. The Morgan fingerprint density at radius 1 is 1.22 bits per heavy atom. The van der Waals surface area contributed by atoms with Crippen molar-refractivity contribution in [2.45, 2.75) is 4.90 Å². The van der Waals surface area contributed by atoms with Crippen molar-refractivity contribution in [3.63, 3.8) is 0 Å². The van der Waals surface area contributed by atoms with E-state index in [9.17, 15) is 9.59 Å². The molecule has 0 aliphatic carbocycles. The van der Waals surface area contributed by atoms with Crippen molar-refractivity contribution >= 4 is 46.6 Å². The van der Waals surface area contributed by atoms with Crippen LogP contribution in [0.3, 0.4) is 0 Å². The number of halogens is 1. The summed E-state index contributed by atoms with van der Waals surface area (Å²) in [7, 11) is 0. The summed E-state index contributed by atoms with van der Waals surface area (Å²) in [6.45, 7) is -0.0836. The van der Waals surface area contributed by atoms with Crippen LogP contribution in [0.4, 0.5) is 11.4 Å². The Labute approximate surface area is 164 Å². The summed E-state index contributed by atoms with van der Waals surface area (Å²) >= 11 is 7.75. The van der Waals surface area contributed by atoms with Crippen molar-refractivity contribution < 1.29 is 9.59 Å². The van der Waals surface area contributed by atoms with Gasteiger partial charge in [0.1, 0.15) is 24.9 Å². The molecule has 7 nitrogen and oxygen atoms in total. The fourth-order valence-corrected chi connectivity index (χ4v) is 4.03. The molecule has 1 N–H and O–H groups in total. The Hall–Kier alpha value is -2.84. The quantitative estimate of drug-likeness (QED) is 0.729. The molecule has 0 saturated heterocycles. The SMILES string of the molecule is O=C(CN1C(=O)CSc2ccccc21)Nc1cccc(Cl)c1-n1cncn1. The Kier molecular flexibility index (Phi) is 4.83. The number of nitrogens with zero attached hydrogens (tertiary/aromatic N) is 4. The van der Waals surface area contributed by atoms with Gasteiger partial charge in [0, 0.05) is 4.90 Å². The van der Waals surface area contributed by atoms with Gasteiger partial charge in [0.05, 0.1) is 22.2 Å². The summed E-state index contributed by atoms with van der Waals surface area (Å²) in [6, 6.07) is 12.7. The molecule has 0 spiro atoms. The van der Waals surface area contributed by atoms with E-state index >= 15 is 0 Å². The largest absolute Gasteiger partial charge is 0.323 e. The number of carbonyl (C=O) groups excluding carboxylic acids is 2. The van der Waals surface area contributed by atoms with Gasteiger partial charge in [0.2, 0.25) is 11.8 Å². The highest BCUT2D eigenvalue weighted by atomic mass is 35.5. The monoisotopic (exact) mass is 399 g/mol. The van der Waals surface area contributed by atoms with Crippen molar-refractivity contribution in [2.24, 2.45) is 0 Å². The van der Waals surface area contributed by atoms with Crippen LogP contribution in [0.2, 0.25) is 5.02 Å². The highest BCUT2D eigenvalue weighted by Gasteiger charge is 2.26. The van der Waals surface area contributed by atoms with Gasteiger partial charge in [-0.2, -0.15) is 5.10 Å². The predicted molar refractivity (Wildman–Crippen MR) is 105 cm³/mol. The van der Waals surface area contributed by atoms with Crippen LogP contribution in [0.15, 0.2) is 60.0 Å². The van der Waals surface area contributed by atoms with Gasteiger partial charge in [-0.1, -0.05) is 29.8 Å². The van der Waals surface area contributed by atoms with Crippen molar-refractivity contribution in [1.29, 1.82) is 0 Å². The lowest BCUT2D eigenvalue weighted by atomic mass is 10.2. The zero-order valence-corrected chi connectivity index (χ0v) is 15.6. The number of fused-ring (bicyclic) bond motifs is 1. The molecular formula is C18H14ClN5O2S. The molecule has 0 unspecified atom stereocenters. The highest BCUT2D eigenvalue weighted by Crippen LogP contribution is 2.35.